The first-order valence-electron chi connectivity index (χ1n) is 17.0. The van der Waals surface area contributed by atoms with E-state index in [1.165, 1.54) is 44.9 Å². The second-order valence-corrected chi connectivity index (χ2v) is 13.4. The number of aryl methyl sites for hydroxylation is 1. The first kappa shape index (κ1) is 36.8. The third-order valence-electron chi connectivity index (χ3n) is 8.40. The molecule has 0 aliphatic carbocycles. The van der Waals surface area contributed by atoms with E-state index >= 15 is 0 Å². The van der Waals surface area contributed by atoms with Gasteiger partial charge in [0.15, 0.2) is 5.60 Å². The molecule has 6 heteroatoms. The van der Waals surface area contributed by atoms with Crippen LogP contribution in [0.3, 0.4) is 0 Å². The van der Waals surface area contributed by atoms with Crippen LogP contribution in [0.2, 0.25) is 0 Å². The highest BCUT2D eigenvalue weighted by atomic mass is 16.6. The Balaban J connectivity index is 1.47. The smallest absolute Gasteiger partial charge is 0.343 e. The Morgan fingerprint density at radius 3 is 1.76 bits per heavy atom. The van der Waals surface area contributed by atoms with Crippen molar-refractivity contribution in [3.8, 4) is 28.4 Å². The lowest BCUT2D eigenvalue weighted by Crippen LogP contribution is -2.41. The molecular weight excluding hydrogens is 576 g/mol. The average molecular weight is 631 g/mol. The average Bonchev–Trinajstić information content (AvgIpc) is 3.04. The number of ether oxygens (including phenoxy) is 4. The van der Waals surface area contributed by atoms with Gasteiger partial charge in [-0.25, -0.2) is 9.59 Å². The van der Waals surface area contributed by atoms with E-state index in [0.717, 1.165) is 35.3 Å². The number of hydrogen-bond acceptors (Lipinski definition) is 6. The highest BCUT2D eigenvalue weighted by Gasteiger charge is 2.33. The fourth-order valence-corrected chi connectivity index (χ4v) is 4.72. The maximum absolute atomic E-state index is 12.8. The Hall–Kier alpha value is -3.64. The Kier molecular flexibility index (Phi) is 14.3. The van der Waals surface area contributed by atoms with Crippen molar-refractivity contribution in [2.24, 2.45) is 5.41 Å². The van der Waals surface area contributed by atoms with E-state index in [1.54, 1.807) is 44.2 Å². The number of hydrogen-bond donors (Lipinski definition) is 0. The second kappa shape index (κ2) is 17.9. The summed E-state index contributed by atoms with van der Waals surface area (Å²) in [6.07, 6.45) is 11.0. The van der Waals surface area contributed by atoms with Gasteiger partial charge in [-0.2, -0.15) is 0 Å². The minimum atomic E-state index is -1.06. The van der Waals surface area contributed by atoms with Gasteiger partial charge < -0.3 is 18.9 Å². The molecule has 0 heterocycles. The lowest BCUT2D eigenvalue weighted by Gasteiger charge is -2.29. The summed E-state index contributed by atoms with van der Waals surface area (Å²) >= 11 is 0. The molecule has 3 rings (SSSR count). The molecular formula is C40H54O6. The van der Waals surface area contributed by atoms with Gasteiger partial charge in [0.25, 0.3) is 0 Å². The summed E-state index contributed by atoms with van der Waals surface area (Å²) in [4.78, 5) is 25.6. The SMILES string of the molecule is CCCCCCCCCCOc1ccc(C(=O)Oc2ccc(-c3ccc(OC(=O)C(C)(C)OCC(C)(C)CC)cc3)cc2)cc1C. The van der Waals surface area contributed by atoms with Gasteiger partial charge in [-0.1, -0.05) is 96.9 Å². The summed E-state index contributed by atoms with van der Waals surface area (Å²) in [5.41, 5.74) is 2.20. The predicted octanol–water partition coefficient (Wildman–Crippen LogP) is 10.5. The summed E-state index contributed by atoms with van der Waals surface area (Å²) in [5, 5.41) is 0. The molecule has 0 saturated heterocycles. The highest BCUT2D eigenvalue weighted by molar-refractivity contribution is 5.91. The van der Waals surface area contributed by atoms with Crippen molar-refractivity contribution in [2.45, 2.75) is 112 Å². The van der Waals surface area contributed by atoms with Crippen LogP contribution in [0.4, 0.5) is 0 Å². The zero-order chi connectivity index (χ0) is 33.6. The molecule has 0 fully saturated rings. The Labute approximate surface area is 276 Å². The first-order chi connectivity index (χ1) is 21.9. The second-order valence-electron chi connectivity index (χ2n) is 13.4. The van der Waals surface area contributed by atoms with Crippen LogP contribution in [-0.2, 0) is 9.53 Å². The van der Waals surface area contributed by atoms with Crippen molar-refractivity contribution in [1.29, 1.82) is 0 Å². The quantitative estimate of drug-likeness (QED) is 0.0745. The van der Waals surface area contributed by atoms with E-state index in [9.17, 15) is 9.59 Å². The molecule has 0 saturated carbocycles. The van der Waals surface area contributed by atoms with Crippen LogP contribution in [0.15, 0.2) is 66.7 Å². The van der Waals surface area contributed by atoms with E-state index in [2.05, 4.69) is 27.7 Å². The topological polar surface area (TPSA) is 71.1 Å². The molecule has 46 heavy (non-hydrogen) atoms. The maximum Gasteiger partial charge on any atom is 0.343 e. The Bertz CT molecular complexity index is 1370. The van der Waals surface area contributed by atoms with Crippen LogP contribution in [-0.4, -0.2) is 30.8 Å². The Morgan fingerprint density at radius 1 is 0.674 bits per heavy atom. The molecule has 0 aromatic heterocycles. The van der Waals surface area contributed by atoms with Gasteiger partial charge >= 0.3 is 11.9 Å². The van der Waals surface area contributed by atoms with Gasteiger partial charge in [-0.05, 0) is 98.2 Å². The molecule has 0 N–H and O–H groups in total. The summed E-state index contributed by atoms with van der Waals surface area (Å²) in [6, 6.07) is 20.0. The van der Waals surface area contributed by atoms with Crippen molar-refractivity contribution >= 4 is 11.9 Å². The third kappa shape index (κ3) is 11.9. The largest absolute Gasteiger partial charge is 0.493 e. The third-order valence-corrected chi connectivity index (χ3v) is 8.40. The van der Waals surface area contributed by atoms with Crippen molar-refractivity contribution in [3.63, 3.8) is 0 Å². The minimum Gasteiger partial charge on any atom is -0.493 e. The van der Waals surface area contributed by atoms with Crippen molar-refractivity contribution in [1.82, 2.24) is 0 Å². The molecule has 6 nitrogen and oxygen atoms in total. The van der Waals surface area contributed by atoms with Gasteiger partial charge in [0.1, 0.15) is 17.2 Å². The molecule has 0 spiro atoms. The first-order valence-corrected chi connectivity index (χ1v) is 17.0. The highest BCUT2D eigenvalue weighted by Crippen LogP contribution is 2.28. The zero-order valence-corrected chi connectivity index (χ0v) is 29.1. The summed E-state index contributed by atoms with van der Waals surface area (Å²) < 4.78 is 23.1. The van der Waals surface area contributed by atoms with Gasteiger partial charge in [0, 0.05) is 0 Å². The molecule has 3 aromatic carbocycles. The van der Waals surface area contributed by atoms with Crippen LogP contribution in [0, 0.1) is 12.3 Å². The molecule has 0 aliphatic heterocycles. The van der Waals surface area contributed by atoms with E-state index < -0.39 is 17.5 Å². The van der Waals surface area contributed by atoms with Gasteiger partial charge in [-0.3, -0.25) is 0 Å². The van der Waals surface area contributed by atoms with Crippen LogP contribution in [0.5, 0.6) is 17.2 Å². The van der Waals surface area contributed by atoms with E-state index in [4.69, 9.17) is 18.9 Å². The van der Waals surface area contributed by atoms with Crippen molar-refractivity contribution in [3.05, 3.63) is 77.9 Å². The fraction of sp³-hybridized carbons (Fsp3) is 0.500. The van der Waals surface area contributed by atoms with Crippen LogP contribution in [0.25, 0.3) is 11.1 Å². The number of carbonyl (C=O) groups excluding carboxylic acids is 2. The lowest BCUT2D eigenvalue weighted by molar-refractivity contribution is -0.161. The molecule has 0 amide bonds. The normalized spacial score (nSPS) is 11.7. The summed E-state index contributed by atoms with van der Waals surface area (Å²) in [5.74, 6) is 0.861. The molecule has 0 bridgehead atoms. The van der Waals surface area contributed by atoms with Gasteiger partial charge in [0.05, 0.1) is 18.8 Å². The van der Waals surface area contributed by atoms with Crippen LogP contribution >= 0.6 is 0 Å². The Morgan fingerprint density at radius 2 is 1.22 bits per heavy atom. The number of unbranched alkanes of at least 4 members (excludes halogenated alkanes) is 7. The molecule has 0 radical (unpaired) electrons. The minimum absolute atomic E-state index is 0.0148. The van der Waals surface area contributed by atoms with E-state index in [1.807, 2.05) is 43.3 Å². The lowest BCUT2D eigenvalue weighted by atomic mass is 9.91. The predicted molar refractivity (Wildman–Crippen MR) is 186 cm³/mol. The van der Waals surface area contributed by atoms with E-state index in [-0.39, 0.29) is 5.41 Å². The molecule has 0 aliphatic rings. The van der Waals surface area contributed by atoms with Gasteiger partial charge in [0.2, 0.25) is 0 Å². The number of rotatable bonds is 19. The fourth-order valence-electron chi connectivity index (χ4n) is 4.72. The zero-order valence-electron chi connectivity index (χ0n) is 29.1. The van der Waals surface area contributed by atoms with Crippen molar-refractivity contribution < 1.29 is 28.5 Å². The van der Waals surface area contributed by atoms with Crippen LogP contribution in [0.1, 0.15) is 115 Å². The molecule has 3 aromatic rings. The number of esters is 2. The molecule has 0 unspecified atom stereocenters. The monoisotopic (exact) mass is 630 g/mol. The number of carbonyl (C=O) groups is 2. The molecule has 0 atom stereocenters. The van der Waals surface area contributed by atoms with Crippen molar-refractivity contribution in [2.75, 3.05) is 13.2 Å². The maximum atomic E-state index is 12.8. The molecule has 250 valence electrons. The summed E-state index contributed by atoms with van der Waals surface area (Å²) in [6.45, 7) is 15.1. The number of benzene rings is 3. The van der Waals surface area contributed by atoms with E-state index in [0.29, 0.717) is 30.3 Å². The van der Waals surface area contributed by atoms with Crippen LogP contribution < -0.4 is 14.2 Å². The summed E-state index contributed by atoms with van der Waals surface area (Å²) in [7, 11) is 0. The standard InChI is InChI=1S/C40H54O6/c1-8-10-11-12-13-14-15-16-27-43-36-26-21-33(28-30(36)3)37(41)45-34-22-17-31(18-23-34)32-19-24-35(25-20-32)46-38(42)40(6,7)44-29-39(4,5)9-2/h17-26,28H,8-16,27,29H2,1-7H3. The van der Waals surface area contributed by atoms with Gasteiger partial charge in [-0.15, -0.1) is 0 Å².